The molecule has 0 saturated heterocycles. The molecule has 3 heteroatoms. The lowest BCUT2D eigenvalue weighted by molar-refractivity contribution is 0.596. The molecule has 0 atom stereocenters. The van der Waals surface area contributed by atoms with Crippen LogP contribution in [0.4, 0.5) is 0 Å². The molecule has 0 spiro atoms. The van der Waals surface area contributed by atoms with Crippen molar-refractivity contribution in [3.63, 3.8) is 0 Å². The van der Waals surface area contributed by atoms with Crippen LogP contribution in [0, 0.1) is 0 Å². The van der Waals surface area contributed by atoms with Crippen molar-refractivity contribution in [1.82, 2.24) is 9.13 Å². The third-order valence-electron chi connectivity index (χ3n) is 10.0. The summed E-state index contributed by atoms with van der Waals surface area (Å²) in [6, 6.07) is 45.4. The van der Waals surface area contributed by atoms with Gasteiger partial charge in [0.2, 0.25) is 0 Å². The van der Waals surface area contributed by atoms with E-state index in [0.717, 1.165) is 0 Å². The maximum absolute atomic E-state index is 2.60. The van der Waals surface area contributed by atoms with Crippen LogP contribution in [0.2, 0.25) is 0 Å². The Balaban J connectivity index is 1.51. The Morgan fingerprint density at radius 3 is 1.91 bits per heavy atom. The van der Waals surface area contributed by atoms with E-state index in [9.17, 15) is 0 Å². The van der Waals surface area contributed by atoms with Crippen LogP contribution in [-0.2, 0) is 5.41 Å². The van der Waals surface area contributed by atoms with E-state index in [1.807, 2.05) is 0 Å². The Kier molecular flexibility index (Phi) is 4.31. The van der Waals surface area contributed by atoms with E-state index in [1.165, 1.54) is 88.1 Å². The van der Waals surface area contributed by atoms with E-state index in [0.29, 0.717) is 0 Å². The molecule has 0 fully saturated rings. The van der Waals surface area contributed by atoms with Crippen LogP contribution < -0.4 is 16.4 Å². The van der Waals surface area contributed by atoms with Crippen LogP contribution in [0.5, 0.6) is 0 Å². The fraction of sp³-hybridized carbons (Fsp3) is 0.100. The van der Waals surface area contributed by atoms with Crippen LogP contribution in [0.15, 0.2) is 121 Å². The Labute approximate surface area is 250 Å². The van der Waals surface area contributed by atoms with Gasteiger partial charge in [0.1, 0.15) is 0 Å². The normalized spacial score (nSPS) is 13.4. The molecule has 0 unspecified atom stereocenters. The molecule has 2 aliphatic rings. The lowest BCUT2D eigenvalue weighted by atomic mass is 9.34. The van der Waals surface area contributed by atoms with Gasteiger partial charge in [0.05, 0.1) is 16.6 Å². The maximum atomic E-state index is 2.60. The molecule has 0 saturated carbocycles. The van der Waals surface area contributed by atoms with E-state index in [4.69, 9.17) is 0 Å². The molecule has 2 aliphatic heterocycles. The van der Waals surface area contributed by atoms with E-state index < -0.39 is 0 Å². The largest absolute Gasteiger partial charge is 0.310 e. The highest BCUT2D eigenvalue weighted by atomic mass is 15.0. The molecule has 0 N–H and O–H groups in total. The second-order valence-corrected chi connectivity index (χ2v) is 13.3. The molecule has 0 amide bonds. The monoisotopic (exact) mass is 548 g/mol. The topological polar surface area (TPSA) is 9.86 Å². The van der Waals surface area contributed by atoms with E-state index >= 15 is 0 Å². The van der Waals surface area contributed by atoms with E-state index in [-0.39, 0.29) is 12.1 Å². The Morgan fingerprint density at radius 1 is 0.535 bits per heavy atom. The fourth-order valence-electron chi connectivity index (χ4n) is 8.36. The molecule has 2 nitrogen and oxygen atoms in total. The summed E-state index contributed by atoms with van der Waals surface area (Å²) in [7, 11) is 0. The summed E-state index contributed by atoms with van der Waals surface area (Å²) in [6.07, 6.45) is 0. The van der Waals surface area contributed by atoms with Gasteiger partial charge in [-0.3, -0.25) is 0 Å². The molecular weight excluding hydrogens is 519 g/mol. The van der Waals surface area contributed by atoms with Crippen LogP contribution >= 0.6 is 0 Å². The van der Waals surface area contributed by atoms with Gasteiger partial charge in [-0.1, -0.05) is 118 Å². The smallest absolute Gasteiger partial charge is 0.252 e. The summed E-state index contributed by atoms with van der Waals surface area (Å²) in [6.45, 7) is 7.25. The number of nitrogens with zero attached hydrogens (tertiary/aromatic N) is 2. The summed E-state index contributed by atoms with van der Waals surface area (Å²) in [5.41, 5.74) is 16.0. The van der Waals surface area contributed by atoms with Gasteiger partial charge in [-0.15, -0.1) is 0 Å². The first-order valence-corrected chi connectivity index (χ1v) is 15.3. The predicted molar refractivity (Wildman–Crippen MR) is 184 cm³/mol. The number of fused-ring (bicyclic) bond motifs is 11. The fourth-order valence-corrected chi connectivity index (χ4v) is 8.36. The average molecular weight is 548 g/mol. The molecule has 4 heterocycles. The number of hydrogen-bond acceptors (Lipinski definition) is 0. The number of aromatic nitrogens is 2. The van der Waals surface area contributed by atoms with Crippen LogP contribution in [0.25, 0.3) is 66.1 Å². The van der Waals surface area contributed by atoms with Gasteiger partial charge in [0.15, 0.2) is 0 Å². The first-order valence-electron chi connectivity index (χ1n) is 15.3. The van der Waals surface area contributed by atoms with E-state index in [1.54, 1.807) is 0 Å². The minimum Gasteiger partial charge on any atom is -0.310 e. The van der Waals surface area contributed by atoms with Gasteiger partial charge in [-0.05, 0) is 62.8 Å². The van der Waals surface area contributed by atoms with Crippen molar-refractivity contribution >= 4 is 66.7 Å². The van der Waals surface area contributed by atoms with Crippen LogP contribution in [-0.4, -0.2) is 15.8 Å². The molecule has 202 valence electrons. The summed E-state index contributed by atoms with van der Waals surface area (Å²) >= 11 is 0. The third kappa shape index (κ3) is 2.81. The van der Waals surface area contributed by atoms with Crippen molar-refractivity contribution in [2.75, 3.05) is 0 Å². The Hall–Kier alpha value is -5.02. The molecule has 0 aliphatic carbocycles. The number of rotatable bonds is 1. The molecule has 2 aromatic heterocycles. The van der Waals surface area contributed by atoms with Crippen molar-refractivity contribution in [1.29, 1.82) is 0 Å². The third-order valence-corrected chi connectivity index (χ3v) is 10.0. The van der Waals surface area contributed by atoms with E-state index in [2.05, 4.69) is 151 Å². The SMILES string of the molecule is CC(C)(C)c1cc2c3c4c1c1ccccc1n4-c1ccccc1B3c1ccc(-c3ccccc3)c3c4ccccc4n-2c13. The Bertz CT molecular complexity index is 2490. The first kappa shape index (κ1) is 23.5. The first-order chi connectivity index (χ1) is 21.0. The zero-order chi connectivity index (χ0) is 28.6. The highest BCUT2D eigenvalue weighted by molar-refractivity contribution is 7.00. The number of hydrogen-bond donors (Lipinski definition) is 0. The number of benzene rings is 6. The summed E-state index contributed by atoms with van der Waals surface area (Å²) in [5, 5.41) is 5.41. The molecule has 0 radical (unpaired) electrons. The van der Waals surface area contributed by atoms with Crippen molar-refractivity contribution in [2.24, 2.45) is 0 Å². The van der Waals surface area contributed by atoms with Crippen LogP contribution in [0.3, 0.4) is 0 Å². The van der Waals surface area contributed by atoms with Crippen molar-refractivity contribution < 1.29 is 0 Å². The molecule has 8 aromatic rings. The average Bonchev–Trinajstić information content (AvgIpc) is 3.57. The quantitative estimate of drug-likeness (QED) is 0.184. The molecule has 10 rings (SSSR count). The second-order valence-electron chi connectivity index (χ2n) is 13.3. The summed E-state index contributed by atoms with van der Waals surface area (Å²) in [5.74, 6) is 0. The maximum Gasteiger partial charge on any atom is 0.252 e. The second kappa shape index (κ2) is 7.87. The predicted octanol–water partition coefficient (Wildman–Crippen LogP) is 7.99. The minimum atomic E-state index is -0.0370. The lowest BCUT2D eigenvalue weighted by Crippen LogP contribution is -2.59. The van der Waals surface area contributed by atoms with Gasteiger partial charge < -0.3 is 9.13 Å². The van der Waals surface area contributed by atoms with Gasteiger partial charge >= 0.3 is 0 Å². The Morgan fingerprint density at radius 2 is 1.16 bits per heavy atom. The minimum absolute atomic E-state index is 0.0370. The zero-order valence-corrected chi connectivity index (χ0v) is 24.5. The standard InChI is InChI=1S/C40H29BN2/c1-40(2,3)28-23-34-37-39-36(28)27-16-8-11-19-32(27)42(39)33-20-12-9-17-29(33)41(37)30-22-21-25(24-13-5-4-6-14-24)35-26-15-7-10-18-31(26)43(34)38(30)35/h4-23H,1-3H3. The summed E-state index contributed by atoms with van der Waals surface area (Å²) < 4.78 is 5.17. The van der Waals surface area contributed by atoms with Crippen molar-refractivity contribution in [3.05, 3.63) is 127 Å². The highest BCUT2D eigenvalue weighted by Crippen LogP contribution is 2.45. The van der Waals surface area contributed by atoms with Crippen molar-refractivity contribution in [3.8, 4) is 22.5 Å². The van der Waals surface area contributed by atoms with Gasteiger partial charge in [-0.25, -0.2) is 0 Å². The zero-order valence-electron chi connectivity index (χ0n) is 24.5. The van der Waals surface area contributed by atoms with Gasteiger partial charge in [-0.2, -0.15) is 0 Å². The molecule has 0 bridgehead atoms. The van der Waals surface area contributed by atoms with Crippen LogP contribution in [0.1, 0.15) is 26.3 Å². The highest BCUT2D eigenvalue weighted by Gasteiger charge is 2.42. The van der Waals surface area contributed by atoms with Gasteiger partial charge in [0, 0.05) is 38.4 Å². The molecule has 43 heavy (non-hydrogen) atoms. The summed E-state index contributed by atoms with van der Waals surface area (Å²) in [4.78, 5) is 0. The molecular formula is C40H29BN2. The lowest BCUT2D eigenvalue weighted by Gasteiger charge is -2.35. The number of para-hydroxylation sites is 3. The van der Waals surface area contributed by atoms with Crippen molar-refractivity contribution in [2.45, 2.75) is 26.2 Å². The molecule has 6 aromatic carbocycles. The van der Waals surface area contributed by atoms with Gasteiger partial charge in [0.25, 0.3) is 6.71 Å².